The first kappa shape index (κ1) is 16.4. The fourth-order valence-electron chi connectivity index (χ4n) is 3.56. The highest BCUT2D eigenvalue weighted by atomic mass is 16.5. The molecule has 1 aliphatic heterocycles. The molecule has 2 fully saturated rings. The molecular weight excluding hydrogens is 286 g/mol. The number of carbonyl (C=O) groups excluding carboxylic acids is 1. The summed E-state index contributed by atoms with van der Waals surface area (Å²) in [7, 11) is 0. The second-order valence-electron chi connectivity index (χ2n) is 6.65. The normalized spacial score (nSPS) is 26.0. The van der Waals surface area contributed by atoms with Crippen LogP contribution in [0.1, 0.15) is 37.7 Å². The molecule has 0 amide bonds. The van der Waals surface area contributed by atoms with Crippen molar-refractivity contribution in [1.82, 2.24) is 4.90 Å². The minimum absolute atomic E-state index is 0.156. The molecule has 3 rings (SSSR count). The number of carbonyl (C=O) groups is 1. The molecule has 124 valence electrons. The Morgan fingerprint density at radius 3 is 2.65 bits per heavy atom. The first-order chi connectivity index (χ1) is 11.3. The minimum atomic E-state index is 0.156. The number of allylic oxidation sites excluding steroid dienone is 1. The van der Waals surface area contributed by atoms with Gasteiger partial charge in [0, 0.05) is 25.6 Å². The van der Waals surface area contributed by atoms with E-state index in [1.54, 1.807) is 0 Å². The maximum absolute atomic E-state index is 13.1. The number of hydrogen-bond donors (Lipinski definition) is 0. The molecule has 23 heavy (non-hydrogen) atoms. The molecule has 3 heteroatoms. The summed E-state index contributed by atoms with van der Waals surface area (Å²) in [6.45, 7) is 4.42. The van der Waals surface area contributed by atoms with Crippen LogP contribution in [0.25, 0.3) is 6.08 Å². The molecule has 0 aromatic heterocycles. The summed E-state index contributed by atoms with van der Waals surface area (Å²) >= 11 is 0. The molecule has 1 aromatic rings. The fraction of sp³-hybridized carbons (Fsp3) is 0.550. The van der Waals surface area contributed by atoms with E-state index in [1.807, 2.05) is 18.2 Å². The molecule has 1 aromatic carbocycles. The predicted octanol–water partition coefficient (Wildman–Crippen LogP) is 3.55. The van der Waals surface area contributed by atoms with Crippen LogP contribution in [-0.4, -0.2) is 43.5 Å². The number of ether oxygens (including phenoxy) is 1. The molecule has 1 unspecified atom stereocenters. The van der Waals surface area contributed by atoms with Crippen LogP contribution in [0.2, 0.25) is 0 Å². The number of morpholine rings is 1. The van der Waals surface area contributed by atoms with Crippen LogP contribution in [0.3, 0.4) is 0 Å². The molecule has 0 radical (unpaired) electrons. The Kier molecular flexibility index (Phi) is 6.00. The number of nitrogens with zero attached hydrogens (tertiary/aromatic N) is 1. The van der Waals surface area contributed by atoms with Gasteiger partial charge in [-0.25, -0.2) is 0 Å². The number of benzene rings is 1. The molecule has 0 bridgehead atoms. The summed E-state index contributed by atoms with van der Waals surface area (Å²) in [5.41, 5.74) is 2.16. The zero-order valence-corrected chi connectivity index (χ0v) is 13.9. The van der Waals surface area contributed by atoms with Crippen molar-refractivity contribution in [3.8, 4) is 0 Å². The first-order valence-electron chi connectivity index (χ1n) is 8.93. The van der Waals surface area contributed by atoms with Gasteiger partial charge in [-0.05, 0) is 36.5 Å². The zero-order chi connectivity index (χ0) is 15.9. The molecule has 1 saturated carbocycles. The Balaban J connectivity index is 1.73. The number of rotatable bonds is 3. The van der Waals surface area contributed by atoms with Crippen LogP contribution in [0.5, 0.6) is 0 Å². The highest BCUT2D eigenvalue weighted by Gasteiger charge is 2.26. The molecule has 1 atom stereocenters. The zero-order valence-electron chi connectivity index (χ0n) is 13.9. The van der Waals surface area contributed by atoms with Crippen molar-refractivity contribution in [3.05, 3.63) is 41.5 Å². The van der Waals surface area contributed by atoms with Crippen LogP contribution in [0.15, 0.2) is 35.9 Å². The van der Waals surface area contributed by atoms with Crippen molar-refractivity contribution in [2.24, 2.45) is 5.92 Å². The number of Topliss-reactive ketones (excluding diaryl/α,β-unsaturated/α-hetero) is 1. The molecule has 0 spiro atoms. The lowest BCUT2D eigenvalue weighted by atomic mass is 9.85. The Bertz CT molecular complexity index is 532. The maximum atomic E-state index is 13.1. The van der Waals surface area contributed by atoms with Crippen molar-refractivity contribution < 1.29 is 9.53 Å². The monoisotopic (exact) mass is 313 g/mol. The van der Waals surface area contributed by atoms with Gasteiger partial charge in [-0.1, -0.05) is 43.2 Å². The lowest BCUT2D eigenvalue weighted by molar-refractivity contribution is -0.120. The van der Waals surface area contributed by atoms with Gasteiger partial charge >= 0.3 is 0 Å². The van der Waals surface area contributed by atoms with Crippen LogP contribution in [0.4, 0.5) is 0 Å². The highest BCUT2D eigenvalue weighted by Crippen LogP contribution is 2.26. The summed E-state index contributed by atoms with van der Waals surface area (Å²) < 4.78 is 5.42. The van der Waals surface area contributed by atoms with Gasteiger partial charge in [-0.2, -0.15) is 0 Å². The SMILES string of the molecule is O=C1/C(=C\c2ccccc2)CCCCCC1CN1CCOCC1. The predicted molar refractivity (Wildman–Crippen MR) is 93.3 cm³/mol. The van der Waals surface area contributed by atoms with Gasteiger partial charge in [0.25, 0.3) is 0 Å². The maximum Gasteiger partial charge on any atom is 0.163 e. The quantitative estimate of drug-likeness (QED) is 0.799. The third-order valence-corrected chi connectivity index (χ3v) is 4.91. The van der Waals surface area contributed by atoms with Crippen LogP contribution in [-0.2, 0) is 9.53 Å². The average Bonchev–Trinajstić information content (AvgIpc) is 2.59. The Hall–Kier alpha value is -1.45. The summed E-state index contributed by atoms with van der Waals surface area (Å²) in [4.78, 5) is 15.4. The van der Waals surface area contributed by atoms with E-state index in [4.69, 9.17) is 4.74 Å². The van der Waals surface area contributed by atoms with Crippen molar-refractivity contribution in [1.29, 1.82) is 0 Å². The topological polar surface area (TPSA) is 29.5 Å². The lowest BCUT2D eigenvalue weighted by Gasteiger charge is -2.31. The Labute approximate surface area is 139 Å². The van der Waals surface area contributed by atoms with Crippen molar-refractivity contribution >= 4 is 11.9 Å². The van der Waals surface area contributed by atoms with Gasteiger partial charge < -0.3 is 4.74 Å². The Morgan fingerprint density at radius 2 is 1.87 bits per heavy atom. The van der Waals surface area contributed by atoms with E-state index in [0.29, 0.717) is 5.78 Å². The third kappa shape index (κ3) is 4.76. The van der Waals surface area contributed by atoms with Gasteiger partial charge in [0.2, 0.25) is 0 Å². The largest absolute Gasteiger partial charge is 0.379 e. The van der Waals surface area contributed by atoms with E-state index in [9.17, 15) is 4.79 Å². The molecule has 1 aliphatic carbocycles. The minimum Gasteiger partial charge on any atom is -0.379 e. The second-order valence-corrected chi connectivity index (χ2v) is 6.65. The second kappa shape index (κ2) is 8.42. The van der Waals surface area contributed by atoms with E-state index in [-0.39, 0.29) is 5.92 Å². The van der Waals surface area contributed by atoms with Gasteiger partial charge in [0.1, 0.15) is 0 Å². The van der Waals surface area contributed by atoms with Crippen molar-refractivity contribution in [2.45, 2.75) is 32.1 Å². The summed E-state index contributed by atoms with van der Waals surface area (Å²) in [6.07, 6.45) is 7.61. The summed E-state index contributed by atoms with van der Waals surface area (Å²) in [6, 6.07) is 10.2. The summed E-state index contributed by atoms with van der Waals surface area (Å²) in [5, 5.41) is 0. The van der Waals surface area contributed by atoms with Crippen molar-refractivity contribution in [2.75, 3.05) is 32.8 Å². The lowest BCUT2D eigenvalue weighted by Crippen LogP contribution is -2.41. The smallest absolute Gasteiger partial charge is 0.163 e. The highest BCUT2D eigenvalue weighted by molar-refractivity contribution is 6.01. The molecule has 1 saturated heterocycles. The Morgan fingerprint density at radius 1 is 1.09 bits per heavy atom. The first-order valence-corrected chi connectivity index (χ1v) is 8.93. The van der Waals surface area contributed by atoms with E-state index in [2.05, 4.69) is 23.1 Å². The molecule has 2 aliphatic rings. The van der Waals surface area contributed by atoms with E-state index >= 15 is 0 Å². The van der Waals surface area contributed by atoms with E-state index in [0.717, 1.165) is 63.2 Å². The molecule has 0 N–H and O–H groups in total. The number of hydrogen-bond acceptors (Lipinski definition) is 3. The van der Waals surface area contributed by atoms with Gasteiger partial charge in [-0.3, -0.25) is 9.69 Å². The summed E-state index contributed by atoms with van der Waals surface area (Å²) in [5.74, 6) is 0.531. The van der Waals surface area contributed by atoms with E-state index in [1.165, 1.54) is 12.8 Å². The van der Waals surface area contributed by atoms with Crippen LogP contribution >= 0.6 is 0 Å². The van der Waals surface area contributed by atoms with E-state index < -0.39 is 0 Å². The van der Waals surface area contributed by atoms with Crippen molar-refractivity contribution in [3.63, 3.8) is 0 Å². The third-order valence-electron chi connectivity index (χ3n) is 4.91. The number of ketones is 1. The van der Waals surface area contributed by atoms with Gasteiger partial charge in [0.15, 0.2) is 5.78 Å². The molecular formula is C20H27NO2. The average molecular weight is 313 g/mol. The van der Waals surface area contributed by atoms with Gasteiger partial charge in [-0.15, -0.1) is 0 Å². The molecule has 3 nitrogen and oxygen atoms in total. The molecule has 1 heterocycles. The van der Waals surface area contributed by atoms with Crippen LogP contribution < -0.4 is 0 Å². The van der Waals surface area contributed by atoms with Crippen LogP contribution in [0, 0.1) is 5.92 Å². The fourth-order valence-corrected chi connectivity index (χ4v) is 3.56. The van der Waals surface area contributed by atoms with Gasteiger partial charge in [0.05, 0.1) is 13.2 Å². The standard InChI is InChI=1S/C20H27NO2/c22-20-18(15-17-7-3-1-4-8-17)9-5-2-6-10-19(20)16-21-11-13-23-14-12-21/h1,3-4,7-8,15,19H,2,5-6,9-14,16H2/b18-15-.